The fourth-order valence-electron chi connectivity index (χ4n) is 1.58. The predicted octanol–water partition coefficient (Wildman–Crippen LogP) is 2.77. The molecule has 0 aliphatic rings. The molecule has 0 atom stereocenters. The third-order valence-electron chi connectivity index (χ3n) is 2.51. The van der Waals surface area contributed by atoms with Crippen molar-refractivity contribution in [3.8, 4) is 5.75 Å². The lowest BCUT2D eigenvalue weighted by Crippen LogP contribution is -2.04. The summed E-state index contributed by atoms with van der Waals surface area (Å²) in [4.78, 5) is 11.1. The molecule has 0 aliphatic heterocycles. The second-order valence-electron chi connectivity index (χ2n) is 4.00. The van der Waals surface area contributed by atoms with Gasteiger partial charge < -0.3 is 15.2 Å². The Morgan fingerprint density at radius 3 is 2.72 bits per heavy atom. The van der Waals surface area contributed by atoms with Crippen LogP contribution < -0.4 is 10.5 Å². The van der Waals surface area contributed by atoms with E-state index in [0.29, 0.717) is 25.3 Å². The number of nitrogens with two attached hydrogens (primary N) is 1. The summed E-state index contributed by atoms with van der Waals surface area (Å²) < 4.78 is 10.4. The topological polar surface area (TPSA) is 61.5 Å². The number of hydrogen-bond donors (Lipinski definition) is 1. The van der Waals surface area contributed by atoms with Gasteiger partial charge in [0.1, 0.15) is 5.75 Å². The predicted molar refractivity (Wildman–Crippen MR) is 71.5 cm³/mol. The lowest BCUT2D eigenvalue weighted by molar-refractivity contribution is -0.143. The third kappa shape index (κ3) is 5.57. The number of hydrogen-bond acceptors (Lipinski definition) is 4. The van der Waals surface area contributed by atoms with Gasteiger partial charge in [0, 0.05) is 6.42 Å². The number of rotatable bonds is 8. The SMILES string of the molecule is CCOC(=O)CCCCCOc1ccccc1N. The zero-order valence-electron chi connectivity index (χ0n) is 10.9. The minimum Gasteiger partial charge on any atom is -0.491 e. The van der Waals surface area contributed by atoms with Gasteiger partial charge in [-0.25, -0.2) is 0 Å². The van der Waals surface area contributed by atoms with Crippen LogP contribution in [0.1, 0.15) is 32.6 Å². The summed E-state index contributed by atoms with van der Waals surface area (Å²) >= 11 is 0. The minimum absolute atomic E-state index is 0.120. The number of para-hydroxylation sites is 2. The molecular formula is C14H21NO3. The molecule has 0 aromatic heterocycles. The molecule has 0 saturated heterocycles. The van der Waals surface area contributed by atoms with Gasteiger partial charge in [-0.2, -0.15) is 0 Å². The largest absolute Gasteiger partial charge is 0.491 e. The van der Waals surface area contributed by atoms with Crippen molar-refractivity contribution >= 4 is 11.7 Å². The first-order valence-electron chi connectivity index (χ1n) is 6.37. The normalized spacial score (nSPS) is 10.1. The van der Waals surface area contributed by atoms with Crippen LogP contribution in [0.3, 0.4) is 0 Å². The molecule has 4 nitrogen and oxygen atoms in total. The Morgan fingerprint density at radius 1 is 1.22 bits per heavy atom. The van der Waals surface area contributed by atoms with Gasteiger partial charge in [0.15, 0.2) is 0 Å². The molecule has 100 valence electrons. The van der Waals surface area contributed by atoms with E-state index in [-0.39, 0.29) is 5.97 Å². The first-order valence-corrected chi connectivity index (χ1v) is 6.37. The van der Waals surface area contributed by atoms with E-state index in [1.165, 1.54) is 0 Å². The Morgan fingerprint density at radius 2 is 2.00 bits per heavy atom. The highest BCUT2D eigenvalue weighted by Crippen LogP contribution is 2.19. The van der Waals surface area contributed by atoms with Crippen molar-refractivity contribution in [1.29, 1.82) is 0 Å². The van der Waals surface area contributed by atoms with Crippen molar-refractivity contribution in [2.75, 3.05) is 18.9 Å². The Kier molecular flexibility index (Phi) is 6.69. The van der Waals surface area contributed by atoms with Crippen LogP contribution in [0.4, 0.5) is 5.69 Å². The number of ether oxygens (including phenoxy) is 2. The molecule has 0 aliphatic carbocycles. The number of carbonyl (C=O) groups excluding carboxylic acids is 1. The van der Waals surface area contributed by atoms with Crippen molar-refractivity contribution in [3.63, 3.8) is 0 Å². The molecule has 0 bridgehead atoms. The van der Waals surface area contributed by atoms with Crippen LogP contribution in [0.5, 0.6) is 5.75 Å². The van der Waals surface area contributed by atoms with E-state index in [1.54, 1.807) is 0 Å². The van der Waals surface area contributed by atoms with E-state index in [9.17, 15) is 4.79 Å². The molecule has 1 aromatic carbocycles. The number of anilines is 1. The second-order valence-corrected chi connectivity index (χ2v) is 4.00. The van der Waals surface area contributed by atoms with Gasteiger partial charge in [-0.1, -0.05) is 12.1 Å². The highest BCUT2D eigenvalue weighted by molar-refractivity contribution is 5.69. The summed E-state index contributed by atoms with van der Waals surface area (Å²) in [6, 6.07) is 7.44. The van der Waals surface area contributed by atoms with Crippen molar-refractivity contribution < 1.29 is 14.3 Å². The molecule has 2 N–H and O–H groups in total. The highest BCUT2D eigenvalue weighted by Gasteiger charge is 2.01. The third-order valence-corrected chi connectivity index (χ3v) is 2.51. The average molecular weight is 251 g/mol. The van der Waals surface area contributed by atoms with Gasteiger partial charge in [-0.3, -0.25) is 4.79 Å². The van der Waals surface area contributed by atoms with Crippen molar-refractivity contribution in [3.05, 3.63) is 24.3 Å². The fraction of sp³-hybridized carbons (Fsp3) is 0.500. The van der Waals surface area contributed by atoms with Gasteiger partial charge >= 0.3 is 5.97 Å². The summed E-state index contributed by atoms with van der Waals surface area (Å²) in [6.45, 7) is 2.89. The van der Waals surface area contributed by atoms with E-state index in [0.717, 1.165) is 25.0 Å². The molecule has 0 fully saturated rings. The van der Waals surface area contributed by atoms with Crippen LogP contribution in [-0.4, -0.2) is 19.2 Å². The molecule has 0 amide bonds. The highest BCUT2D eigenvalue weighted by atomic mass is 16.5. The molecule has 4 heteroatoms. The zero-order valence-corrected chi connectivity index (χ0v) is 10.9. The standard InChI is InChI=1S/C14H21NO3/c1-2-17-14(16)10-4-3-7-11-18-13-9-6-5-8-12(13)15/h5-6,8-9H,2-4,7,10-11,15H2,1H3. The van der Waals surface area contributed by atoms with Gasteiger partial charge in [0.05, 0.1) is 18.9 Å². The van der Waals surface area contributed by atoms with Crippen LogP contribution in [0.15, 0.2) is 24.3 Å². The Hall–Kier alpha value is -1.71. The summed E-state index contributed by atoms with van der Waals surface area (Å²) in [5.41, 5.74) is 6.40. The lowest BCUT2D eigenvalue weighted by Gasteiger charge is -2.08. The maximum Gasteiger partial charge on any atom is 0.305 e. The minimum atomic E-state index is -0.120. The Bertz CT molecular complexity index is 366. The fourth-order valence-corrected chi connectivity index (χ4v) is 1.58. The van der Waals surface area contributed by atoms with E-state index in [4.69, 9.17) is 15.2 Å². The second kappa shape index (κ2) is 8.39. The van der Waals surface area contributed by atoms with E-state index in [1.807, 2.05) is 31.2 Å². The van der Waals surface area contributed by atoms with Crippen molar-refractivity contribution in [1.82, 2.24) is 0 Å². The molecule has 0 spiro atoms. The monoisotopic (exact) mass is 251 g/mol. The first kappa shape index (κ1) is 14.4. The number of esters is 1. The first-order chi connectivity index (χ1) is 8.74. The van der Waals surface area contributed by atoms with Crippen LogP contribution in [0.2, 0.25) is 0 Å². The summed E-state index contributed by atoms with van der Waals surface area (Å²) in [5.74, 6) is 0.605. The zero-order chi connectivity index (χ0) is 13.2. The van der Waals surface area contributed by atoms with Gasteiger partial charge in [-0.15, -0.1) is 0 Å². The quantitative estimate of drug-likeness (QED) is 0.438. The summed E-state index contributed by atoms with van der Waals surface area (Å²) in [6.07, 6.45) is 3.19. The number of unbranched alkanes of at least 4 members (excludes halogenated alkanes) is 2. The lowest BCUT2D eigenvalue weighted by atomic mass is 10.2. The Balaban J connectivity index is 2.06. The molecule has 0 unspecified atom stereocenters. The number of nitrogen functional groups attached to an aromatic ring is 1. The van der Waals surface area contributed by atoms with Crippen molar-refractivity contribution in [2.24, 2.45) is 0 Å². The molecule has 0 saturated carbocycles. The molecule has 0 radical (unpaired) electrons. The molecule has 18 heavy (non-hydrogen) atoms. The smallest absolute Gasteiger partial charge is 0.305 e. The van der Waals surface area contributed by atoms with Crippen LogP contribution in [0, 0.1) is 0 Å². The van der Waals surface area contributed by atoms with Gasteiger partial charge in [0.25, 0.3) is 0 Å². The number of carbonyl (C=O) groups is 1. The average Bonchev–Trinajstić information content (AvgIpc) is 2.36. The van der Waals surface area contributed by atoms with Crippen LogP contribution in [-0.2, 0) is 9.53 Å². The Labute approximate surface area is 108 Å². The molecular weight excluding hydrogens is 230 g/mol. The maximum absolute atomic E-state index is 11.1. The van der Waals surface area contributed by atoms with Gasteiger partial charge in [-0.05, 0) is 38.3 Å². The van der Waals surface area contributed by atoms with E-state index in [2.05, 4.69) is 0 Å². The molecule has 0 heterocycles. The van der Waals surface area contributed by atoms with Crippen LogP contribution >= 0.6 is 0 Å². The molecule has 1 aromatic rings. The summed E-state index contributed by atoms with van der Waals surface area (Å²) in [7, 11) is 0. The van der Waals surface area contributed by atoms with Gasteiger partial charge in [0.2, 0.25) is 0 Å². The van der Waals surface area contributed by atoms with E-state index >= 15 is 0 Å². The summed E-state index contributed by atoms with van der Waals surface area (Å²) in [5, 5.41) is 0. The maximum atomic E-state index is 11.1. The number of benzene rings is 1. The van der Waals surface area contributed by atoms with E-state index < -0.39 is 0 Å². The molecule has 1 rings (SSSR count). The van der Waals surface area contributed by atoms with Crippen LogP contribution in [0.25, 0.3) is 0 Å². The van der Waals surface area contributed by atoms with Crippen molar-refractivity contribution in [2.45, 2.75) is 32.6 Å².